The smallest absolute Gasteiger partial charge is 0.0485 e. The molecule has 4 rings (SSSR count). The fourth-order valence-corrected chi connectivity index (χ4v) is 4.69. The Bertz CT molecular complexity index is 652. The first-order valence-electron chi connectivity index (χ1n) is 8.24. The van der Waals surface area contributed by atoms with Crippen LogP contribution in [0.5, 0.6) is 0 Å². The molecule has 0 aromatic carbocycles. The molecule has 2 unspecified atom stereocenters. The molecule has 0 spiro atoms. The van der Waals surface area contributed by atoms with Crippen molar-refractivity contribution < 1.29 is 0 Å². The molecule has 116 valence electrons. The molecular weight excluding hydrogens is 290 g/mol. The van der Waals surface area contributed by atoms with Crippen LogP contribution in [-0.4, -0.2) is 24.1 Å². The summed E-state index contributed by atoms with van der Waals surface area (Å²) in [6.45, 7) is 4.34. The van der Waals surface area contributed by atoms with Gasteiger partial charge in [-0.15, -0.1) is 11.3 Å². The number of anilines is 1. The van der Waals surface area contributed by atoms with Crippen molar-refractivity contribution in [3.8, 4) is 10.4 Å². The van der Waals surface area contributed by atoms with Crippen LogP contribution in [0.3, 0.4) is 0 Å². The van der Waals surface area contributed by atoms with Crippen LogP contribution in [0.4, 0.5) is 5.69 Å². The van der Waals surface area contributed by atoms with E-state index in [2.05, 4.69) is 34.3 Å². The fraction of sp³-hybridized carbons (Fsp3) is 0.500. The van der Waals surface area contributed by atoms with Gasteiger partial charge in [0.25, 0.3) is 0 Å². The molecular formula is C18H23N3S. The van der Waals surface area contributed by atoms with Crippen molar-refractivity contribution in [3.63, 3.8) is 0 Å². The number of aromatic nitrogens is 1. The molecule has 4 heteroatoms. The zero-order valence-electron chi connectivity index (χ0n) is 13.0. The molecule has 2 aromatic rings. The molecule has 2 aromatic heterocycles. The number of nitrogens with two attached hydrogens (primary N) is 1. The Morgan fingerprint density at radius 2 is 2.14 bits per heavy atom. The fourth-order valence-electron chi connectivity index (χ4n) is 3.69. The molecule has 3 heterocycles. The second kappa shape index (κ2) is 5.67. The monoisotopic (exact) mass is 313 g/mol. The van der Waals surface area contributed by atoms with Gasteiger partial charge in [-0.1, -0.05) is 6.92 Å². The van der Waals surface area contributed by atoms with Crippen LogP contribution in [0.2, 0.25) is 0 Å². The second-order valence-corrected chi connectivity index (χ2v) is 7.79. The Labute approximate surface area is 136 Å². The average molecular weight is 313 g/mol. The van der Waals surface area contributed by atoms with Crippen molar-refractivity contribution in [1.29, 1.82) is 0 Å². The number of rotatable bonds is 3. The van der Waals surface area contributed by atoms with Crippen LogP contribution < -0.4 is 10.6 Å². The third kappa shape index (κ3) is 2.66. The summed E-state index contributed by atoms with van der Waals surface area (Å²) in [5.74, 6) is 1.42. The van der Waals surface area contributed by atoms with E-state index < -0.39 is 0 Å². The Hall–Kier alpha value is -1.39. The van der Waals surface area contributed by atoms with Gasteiger partial charge in [-0.25, -0.2) is 0 Å². The molecule has 1 saturated carbocycles. The molecule has 0 radical (unpaired) electrons. The van der Waals surface area contributed by atoms with E-state index in [1.165, 1.54) is 34.5 Å². The van der Waals surface area contributed by atoms with Gasteiger partial charge in [0.2, 0.25) is 0 Å². The largest absolute Gasteiger partial charge is 0.369 e. The lowest BCUT2D eigenvalue weighted by Gasteiger charge is -2.37. The summed E-state index contributed by atoms with van der Waals surface area (Å²) in [5, 5.41) is 2.23. The van der Waals surface area contributed by atoms with Crippen molar-refractivity contribution in [1.82, 2.24) is 4.98 Å². The lowest BCUT2D eigenvalue weighted by Crippen LogP contribution is -2.46. The summed E-state index contributed by atoms with van der Waals surface area (Å²) in [5.41, 5.74) is 10.4. The van der Waals surface area contributed by atoms with E-state index in [1.807, 2.05) is 23.7 Å². The van der Waals surface area contributed by atoms with E-state index in [0.717, 1.165) is 25.4 Å². The Morgan fingerprint density at radius 1 is 1.27 bits per heavy atom. The van der Waals surface area contributed by atoms with Crippen molar-refractivity contribution in [2.24, 2.45) is 11.7 Å². The van der Waals surface area contributed by atoms with Crippen molar-refractivity contribution in [3.05, 3.63) is 35.5 Å². The molecule has 0 amide bonds. The Kier molecular flexibility index (Phi) is 3.66. The van der Waals surface area contributed by atoms with Crippen LogP contribution in [0.15, 0.2) is 29.9 Å². The minimum absolute atomic E-state index is 0.274. The molecule has 2 N–H and O–H groups in total. The minimum atomic E-state index is 0.274. The highest BCUT2D eigenvalue weighted by Gasteiger charge is 2.29. The van der Waals surface area contributed by atoms with Gasteiger partial charge in [0.15, 0.2) is 0 Å². The maximum atomic E-state index is 6.26. The number of pyridine rings is 1. The number of piperidine rings is 1. The molecule has 3 nitrogen and oxygen atoms in total. The quantitative estimate of drug-likeness (QED) is 0.935. The van der Waals surface area contributed by atoms with Gasteiger partial charge in [-0.05, 0) is 54.2 Å². The van der Waals surface area contributed by atoms with E-state index in [-0.39, 0.29) is 6.04 Å². The van der Waals surface area contributed by atoms with Gasteiger partial charge in [-0.3, -0.25) is 4.98 Å². The van der Waals surface area contributed by atoms with Crippen LogP contribution >= 0.6 is 11.3 Å². The summed E-state index contributed by atoms with van der Waals surface area (Å²) < 4.78 is 0. The first kappa shape index (κ1) is 14.2. The third-order valence-corrected chi connectivity index (χ3v) is 5.75. The number of hydrogen-bond donors (Lipinski definition) is 1. The molecule has 1 aliphatic carbocycles. The molecule has 22 heavy (non-hydrogen) atoms. The maximum absolute atomic E-state index is 6.26. The normalized spacial score (nSPS) is 25.5. The molecule has 2 aliphatic rings. The first-order valence-corrected chi connectivity index (χ1v) is 9.12. The number of thiophene rings is 1. The van der Waals surface area contributed by atoms with Crippen molar-refractivity contribution in [2.45, 2.75) is 38.1 Å². The average Bonchev–Trinajstić information content (AvgIpc) is 3.23. The van der Waals surface area contributed by atoms with Gasteiger partial charge in [0.1, 0.15) is 0 Å². The summed E-state index contributed by atoms with van der Waals surface area (Å²) in [6.07, 6.45) is 7.75. The van der Waals surface area contributed by atoms with Gasteiger partial charge in [0.05, 0.1) is 0 Å². The van der Waals surface area contributed by atoms with E-state index >= 15 is 0 Å². The van der Waals surface area contributed by atoms with E-state index in [1.54, 1.807) is 0 Å². The third-order valence-electron chi connectivity index (χ3n) is 4.79. The van der Waals surface area contributed by atoms with Crippen molar-refractivity contribution in [2.75, 3.05) is 18.0 Å². The zero-order valence-corrected chi connectivity index (χ0v) is 13.9. The van der Waals surface area contributed by atoms with E-state index in [9.17, 15) is 0 Å². The van der Waals surface area contributed by atoms with Gasteiger partial charge >= 0.3 is 0 Å². The second-order valence-electron chi connectivity index (χ2n) is 6.88. The molecule has 1 saturated heterocycles. The van der Waals surface area contributed by atoms with Crippen LogP contribution in [-0.2, 0) is 0 Å². The van der Waals surface area contributed by atoms with Crippen LogP contribution in [0.25, 0.3) is 10.4 Å². The van der Waals surface area contributed by atoms with E-state index in [0.29, 0.717) is 5.92 Å². The predicted octanol–water partition coefficient (Wildman–Crippen LogP) is 3.86. The first-order chi connectivity index (χ1) is 10.7. The maximum Gasteiger partial charge on any atom is 0.0485 e. The Morgan fingerprint density at radius 3 is 2.91 bits per heavy atom. The number of hydrogen-bond acceptors (Lipinski definition) is 4. The minimum Gasteiger partial charge on any atom is -0.369 e. The predicted molar refractivity (Wildman–Crippen MR) is 93.5 cm³/mol. The van der Waals surface area contributed by atoms with Gasteiger partial charge in [-0.2, -0.15) is 0 Å². The molecule has 1 aliphatic heterocycles. The van der Waals surface area contributed by atoms with Gasteiger partial charge < -0.3 is 10.6 Å². The highest BCUT2D eigenvalue weighted by molar-refractivity contribution is 7.13. The summed E-state index contributed by atoms with van der Waals surface area (Å²) in [6, 6.07) is 4.74. The highest BCUT2D eigenvalue weighted by Crippen LogP contribution is 2.48. The number of nitrogens with zero attached hydrogens (tertiary/aromatic N) is 2. The highest BCUT2D eigenvalue weighted by atomic mass is 32.1. The Balaban J connectivity index is 1.73. The van der Waals surface area contributed by atoms with Gasteiger partial charge in [0, 0.05) is 47.7 Å². The molecule has 2 atom stereocenters. The lowest BCUT2D eigenvalue weighted by molar-refractivity contribution is 0.402. The topological polar surface area (TPSA) is 42.1 Å². The van der Waals surface area contributed by atoms with E-state index in [4.69, 9.17) is 5.73 Å². The molecule has 0 bridgehead atoms. The standard InChI is InChI=1S/C18H23N3S/c1-12-8-14(19)11-21(10-12)17-4-6-20-9-16(17)18-15(5-7-22-18)13-2-3-13/h4-7,9,12-14H,2-3,8,10-11,19H2,1H3. The SMILES string of the molecule is CC1CC(N)CN(c2ccncc2-c2sccc2C2CC2)C1. The summed E-state index contributed by atoms with van der Waals surface area (Å²) in [4.78, 5) is 8.28. The lowest BCUT2D eigenvalue weighted by atomic mass is 9.95. The zero-order chi connectivity index (χ0) is 15.1. The van der Waals surface area contributed by atoms with Crippen LogP contribution in [0, 0.1) is 5.92 Å². The van der Waals surface area contributed by atoms with Crippen LogP contribution in [0.1, 0.15) is 37.7 Å². The van der Waals surface area contributed by atoms with Crippen molar-refractivity contribution >= 4 is 17.0 Å². The summed E-state index contributed by atoms with van der Waals surface area (Å²) in [7, 11) is 0. The summed E-state index contributed by atoms with van der Waals surface area (Å²) >= 11 is 1.85. The molecule has 2 fully saturated rings.